The zero-order valence-corrected chi connectivity index (χ0v) is 15.9. The highest BCUT2D eigenvalue weighted by Crippen LogP contribution is 2.66. The van der Waals surface area contributed by atoms with Crippen molar-refractivity contribution < 1.29 is 19.8 Å². The topological polar surface area (TPSA) is 74.6 Å². The van der Waals surface area contributed by atoms with E-state index in [1.807, 2.05) is 13.8 Å². The summed E-state index contributed by atoms with van der Waals surface area (Å²) >= 11 is 0. The van der Waals surface area contributed by atoms with E-state index in [0.717, 1.165) is 25.7 Å². The quantitative estimate of drug-likeness (QED) is 0.697. The molecule has 0 aromatic rings. The van der Waals surface area contributed by atoms with Crippen molar-refractivity contribution in [3.63, 3.8) is 0 Å². The molecule has 0 amide bonds. The first kappa shape index (κ1) is 17.8. The molecule has 0 radical (unpaired) electrons. The van der Waals surface area contributed by atoms with E-state index >= 15 is 0 Å². The summed E-state index contributed by atoms with van der Waals surface area (Å²) in [5.41, 5.74) is -1.55. The fourth-order valence-electron chi connectivity index (χ4n) is 7.30. The molecule has 4 rings (SSSR count). The molecule has 4 bridgehead atoms. The summed E-state index contributed by atoms with van der Waals surface area (Å²) < 4.78 is 0. The number of carboxylic acids is 2. The Bertz CT molecular complexity index is 638. The molecule has 0 heterocycles. The van der Waals surface area contributed by atoms with Crippen LogP contribution >= 0.6 is 0 Å². The number of allylic oxidation sites excluding steroid dienone is 4. The molecule has 4 aliphatic carbocycles. The Hall–Kier alpha value is -1.58. The van der Waals surface area contributed by atoms with Crippen molar-refractivity contribution in [2.75, 3.05) is 0 Å². The summed E-state index contributed by atoms with van der Waals surface area (Å²) in [6.07, 6.45) is 12.3. The van der Waals surface area contributed by atoms with E-state index in [1.54, 1.807) is 0 Å². The summed E-state index contributed by atoms with van der Waals surface area (Å²) in [7, 11) is 0. The number of carboxylic acid groups (broad SMARTS) is 2. The molecule has 0 aliphatic heterocycles. The fourth-order valence-corrected chi connectivity index (χ4v) is 7.30. The number of aliphatic carboxylic acids is 2. The Morgan fingerprint density at radius 2 is 1.35 bits per heavy atom. The van der Waals surface area contributed by atoms with E-state index in [1.165, 1.54) is 0 Å². The van der Waals surface area contributed by atoms with Crippen molar-refractivity contribution in [1.82, 2.24) is 0 Å². The van der Waals surface area contributed by atoms with Gasteiger partial charge in [0.2, 0.25) is 0 Å². The molecule has 0 spiro atoms. The lowest BCUT2D eigenvalue weighted by molar-refractivity contribution is -0.160. The molecule has 2 N–H and O–H groups in total. The first-order valence-electron chi connectivity index (χ1n) is 10.1. The highest BCUT2D eigenvalue weighted by atomic mass is 16.4. The Morgan fingerprint density at radius 3 is 1.69 bits per heavy atom. The Morgan fingerprint density at radius 1 is 0.923 bits per heavy atom. The van der Waals surface area contributed by atoms with E-state index in [9.17, 15) is 19.8 Å². The van der Waals surface area contributed by atoms with Gasteiger partial charge in [0.1, 0.15) is 0 Å². The average Bonchev–Trinajstić information content (AvgIpc) is 3.33. The first-order valence-corrected chi connectivity index (χ1v) is 10.1. The minimum absolute atomic E-state index is 0.0337. The van der Waals surface area contributed by atoms with E-state index in [-0.39, 0.29) is 41.4 Å². The number of hydrogen-bond donors (Lipinski definition) is 2. The Balaban J connectivity index is 1.79. The van der Waals surface area contributed by atoms with E-state index in [0.29, 0.717) is 0 Å². The summed E-state index contributed by atoms with van der Waals surface area (Å²) in [5.74, 6) is -0.496. The second-order valence-electron chi connectivity index (χ2n) is 9.46. The van der Waals surface area contributed by atoms with Crippen LogP contribution in [0.15, 0.2) is 24.3 Å². The number of carbonyl (C=O) groups is 2. The highest BCUT2D eigenvalue weighted by molar-refractivity contribution is 5.78. The zero-order chi connectivity index (χ0) is 18.9. The van der Waals surface area contributed by atoms with Crippen molar-refractivity contribution in [2.24, 2.45) is 52.3 Å². The SMILES string of the molecule is CCCC(C1C2C=CC(C2)C1(C)C(=O)O)C1C2C=CC(C2)C1(C)C(=O)O. The van der Waals surface area contributed by atoms with Crippen LogP contribution < -0.4 is 0 Å². The van der Waals surface area contributed by atoms with Gasteiger partial charge in [-0.15, -0.1) is 0 Å². The van der Waals surface area contributed by atoms with Gasteiger partial charge in [0, 0.05) is 0 Å². The minimum atomic E-state index is -0.774. The van der Waals surface area contributed by atoms with E-state index in [4.69, 9.17) is 0 Å². The number of rotatable bonds is 6. The van der Waals surface area contributed by atoms with Crippen LogP contribution in [0, 0.1) is 52.3 Å². The lowest BCUT2D eigenvalue weighted by Gasteiger charge is -2.48. The number of fused-ring (bicyclic) bond motifs is 4. The summed E-state index contributed by atoms with van der Waals surface area (Å²) in [5, 5.41) is 20.3. The van der Waals surface area contributed by atoms with Crippen LogP contribution in [0.1, 0.15) is 46.5 Å². The molecular formula is C22H30O4. The normalized spacial score (nSPS) is 49.0. The van der Waals surface area contributed by atoms with Crippen molar-refractivity contribution in [2.45, 2.75) is 46.5 Å². The minimum Gasteiger partial charge on any atom is -0.481 e. The molecule has 2 saturated carbocycles. The standard InChI is InChI=1S/C22H30O4/c1-4-5-16(17-12-6-8-14(10-12)21(17,2)19(23)24)18-13-7-9-15(11-13)22(18,3)20(25)26/h6-9,12-18H,4-5,10-11H2,1-3H3,(H,23,24)(H,25,26). The molecule has 142 valence electrons. The summed E-state index contributed by atoms with van der Waals surface area (Å²) in [6.45, 7) is 5.96. The van der Waals surface area contributed by atoms with Gasteiger partial charge in [0.15, 0.2) is 0 Å². The van der Waals surface area contributed by atoms with Crippen LogP contribution in [0.2, 0.25) is 0 Å². The van der Waals surface area contributed by atoms with E-state index < -0.39 is 22.8 Å². The maximum atomic E-state index is 12.3. The Labute approximate surface area is 155 Å². The Kier molecular flexibility index (Phi) is 3.91. The van der Waals surface area contributed by atoms with Gasteiger partial charge in [-0.05, 0) is 68.1 Å². The monoisotopic (exact) mass is 358 g/mol. The summed E-state index contributed by atoms with van der Waals surface area (Å²) in [6, 6.07) is 0. The molecule has 2 fully saturated rings. The lowest BCUT2D eigenvalue weighted by atomic mass is 9.55. The molecule has 4 nitrogen and oxygen atoms in total. The molecule has 26 heavy (non-hydrogen) atoms. The maximum Gasteiger partial charge on any atom is 0.310 e. The molecule has 0 aromatic heterocycles. The van der Waals surface area contributed by atoms with Crippen molar-refractivity contribution in [3.05, 3.63) is 24.3 Å². The molecule has 8 atom stereocenters. The third kappa shape index (κ3) is 2.02. The second-order valence-corrected chi connectivity index (χ2v) is 9.46. The van der Waals surface area contributed by atoms with Gasteiger partial charge in [-0.3, -0.25) is 9.59 Å². The fraction of sp³-hybridized carbons (Fsp3) is 0.727. The van der Waals surface area contributed by atoms with Crippen LogP contribution in [-0.2, 0) is 9.59 Å². The van der Waals surface area contributed by atoms with Gasteiger partial charge in [-0.1, -0.05) is 44.1 Å². The van der Waals surface area contributed by atoms with Crippen molar-refractivity contribution in [3.8, 4) is 0 Å². The average molecular weight is 358 g/mol. The molecule has 0 aromatic carbocycles. The lowest BCUT2D eigenvalue weighted by Crippen LogP contribution is -2.50. The van der Waals surface area contributed by atoms with Gasteiger partial charge in [-0.2, -0.15) is 0 Å². The molecule has 8 unspecified atom stereocenters. The number of hydrogen-bond acceptors (Lipinski definition) is 2. The van der Waals surface area contributed by atoms with E-state index in [2.05, 4.69) is 31.2 Å². The van der Waals surface area contributed by atoms with Crippen molar-refractivity contribution >= 4 is 11.9 Å². The maximum absolute atomic E-state index is 12.3. The predicted molar refractivity (Wildman–Crippen MR) is 98.3 cm³/mol. The van der Waals surface area contributed by atoms with Gasteiger partial charge in [-0.25, -0.2) is 0 Å². The first-order chi connectivity index (χ1) is 12.3. The van der Waals surface area contributed by atoms with Crippen molar-refractivity contribution in [1.29, 1.82) is 0 Å². The zero-order valence-electron chi connectivity index (χ0n) is 15.9. The van der Waals surface area contributed by atoms with Gasteiger partial charge in [0.05, 0.1) is 10.8 Å². The highest BCUT2D eigenvalue weighted by Gasteiger charge is 2.66. The van der Waals surface area contributed by atoms with Crippen LogP contribution in [0.25, 0.3) is 0 Å². The molecule has 4 heteroatoms. The smallest absolute Gasteiger partial charge is 0.310 e. The van der Waals surface area contributed by atoms with Gasteiger partial charge in [0.25, 0.3) is 0 Å². The second kappa shape index (κ2) is 5.71. The van der Waals surface area contributed by atoms with Crippen LogP contribution in [0.4, 0.5) is 0 Å². The summed E-state index contributed by atoms with van der Waals surface area (Å²) in [4.78, 5) is 24.7. The van der Waals surface area contributed by atoms with Crippen LogP contribution in [0.3, 0.4) is 0 Å². The molecular weight excluding hydrogens is 328 g/mol. The molecule has 0 saturated heterocycles. The van der Waals surface area contributed by atoms with Crippen LogP contribution in [-0.4, -0.2) is 22.2 Å². The largest absolute Gasteiger partial charge is 0.481 e. The van der Waals surface area contributed by atoms with Crippen LogP contribution in [0.5, 0.6) is 0 Å². The molecule has 4 aliphatic rings. The third-order valence-corrected chi connectivity index (χ3v) is 8.55. The van der Waals surface area contributed by atoms with Gasteiger partial charge >= 0.3 is 11.9 Å². The van der Waals surface area contributed by atoms with Gasteiger partial charge < -0.3 is 10.2 Å². The predicted octanol–water partition coefficient (Wildman–Crippen LogP) is 4.23. The third-order valence-electron chi connectivity index (χ3n) is 8.55.